The van der Waals surface area contributed by atoms with Crippen molar-refractivity contribution in [2.24, 2.45) is 0 Å². The van der Waals surface area contributed by atoms with E-state index in [1.807, 2.05) is 12.1 Å². The minimum Gasteiger partial charge on any atom is -0.479 e. The number of benzene rings is 2. The number of thiophene rings is 1. The molecule has 3 aromatic rings. The number of amides is 2. The average molecular weight is 495 g/mol. The summed E-state index contributed by atoms with van der Waals surface area (Å²) in [6.07, 6.45) is -0.457. The molecule has 0 saturated carbocycles. The predicted octanol–water partition coefficient (Wildman–Crippen LogP) is 6.35. The van der Waals surface area contributed by atoms with Crippen LogP contribution in [0.4, 0.5) is 19.3 Å². The molecule has 156 valence electrons. The summed E-state index contributed by atoms with van der Waals surface area (Å²) in [5.41, 5.74) is 2.50. The van der Waals surface area contributed by atoms with Crippen LogP contribution in [0.3, 0.4) is 0 Å². The first-order valence-corrected chi connectivity index (χ1v) is 10.6. The van der Waals surface area contributed by atoms with E-state index in [0.29, 0.717) is 22.6 Å². The Kier molecular flexibility index (Phi) is 5.66. The van der Waals surface area contributed by atoms with Crippen LogP contribution in [0.1, 0.15) is 16.5 Å². The summed E-state index contributed by atoms with van der Waals surface area (Å²) in [5, 5.41) is 2.81. The maximum Gasteiger partial charge on any atom is 0.387 e. The SMILES string of the molecule is CN(C)C(=O)Nc1ccc2c(c1)C(c1ccc(Br)s1)Oc1cccc(OC(F)F)c1-2. The van der Waals surface area contributed by atoms with E-state index in [4.69, 9.17) is 9.47 Å². The van der Waals surface area contributed by atoms with E-state index in [0.717, 1.165) is 14.2 Å². The number of rotatable bonds is 4. The van der Waals surface area contributed by atoms with Gasteiger partial charge in [-0.05, 0) is 57.9 Å². The number of nitrogens with one attached hydrogen (secondary N) is 1. The molecule has 0 radical (unpaired) electrons. The van der Waals surface area contributed by atoms with Gasteiger partial charge in [0.2, 0.25) is 0 Å². The predicted molar refractivity (Wildman–Crippen MR) is 116 cm³/mol. The molecule has 5 nitrogen and oxygen atoms in total. The molecule has 1 aromatic heterocycles. The lowest BCUT2D eigenvalue weighted by molar-refractivity contribution is -0.0496. The van der Waals surface area contributed by atoms with Gasteiger partial charge in [-0.15, -0.1) is 11.3 Å². The number of fused-ring (bicyclic) bond motifs is 3. The molecule has 1 aliphatic heterocycles. The molecule has 0 fully saturated rings. The Morgan fingerprint density at radius 3 is 2.70 bits per heavy atom. The molecule has 1 unspecified atom stereocenters. The van der Waals surface area contributed by atoms with Gasteiger partial charge in [-0.2, -0.15) is 8.78 Å². The van der Waals surface area contributed by atoms with Crippen LogP contribution in [-0.2, 0) is 0 Å². The summed E-state index contributed by atoms with van der Waals surface area (Å²) >= 11 is 4.99. The fraction of sp³-hybridized carbons (Fsp3) is 0.190. The first-order valence-electron chi connectivity index (χ1n) is 8.96. The average Bonchev–Trinajstić information content (AvgIpc) is 3.13. The third-order valence-corrected chi connectivity index (χ3v) is 6.23. The van der Waals surface area contributed by atoms with Crippen molar-refractivity contribution in [1.29, 1.82) is 0 Å². The van der Waals surface area contributed by atoms with Crippen molar-refractivity contribution < 1.29 is 23.0 Å². The van der Waals surface area contributed by atoms with E-state index in [1.165, 1.54) is 22.3 Å². The molecule has 1 N–H and O–H groups in total. The molecule has 2 heterocycles. The summed E-state index contributed by atoms with van der Waals surface area (Å²) in [4.78, 5) is 14.4. The summed E-state index contributed by atoms with van der Waals surface area (Å²) in [7, 11) is 3.29. The van der Waals surface area contributed by atoms with Crippen LogP contribution < -0.4 is 14.8 Å². The highest BCUT2D eigenvalue weighted by atomic mass is 79.9. The number of nitrogens with zero attached hydrogens (tertiary/aromatic N) is 1. The number of urea groups is 1. The van der Waals surface area contributed by atoms with Crippen molar-refractivity contribution in [1.82, 2.24) is 4.90 Å². The second-order valence-electron chi connectivity index (χ2n) is 6.77. The Hall–Kier alpha value is -2.65. The summed E-state index contributed by atoms with van der Waals surface area (Å²) < 4.78 is 37.9. The molecule has 30 heavy (non-hydrogen) atoms. The molecule has 4 rings (SSSR count). The van der Waals surface area contributed by atoms with Gasteiger partial charge < -0.3 is 19.7 Å². The maximum atomic E-state index is 13.0. The molecule has 0 saturated heterocycles. The van der Waals surface area contributed by atoms with E-state index in [-0.39, 0.29) is 11.8 Å². The van der Waals surface area contributed by atoms with Crippen LogP contribution in [0.15, 0.2) is 52.3 Å². The molecular weight excluding hydrogens is 478 g/mol. The molecule has 0 bridgehead atoms. The van der Waals surface area contributed by atoms with E-state index in [1.54, 1.807) is 44.4 Å². The quantitative estimate of drug-likeness (QED) is 0.459. The van der Waals surface area contributed by atoms with E-state index in [2.05, 4.69) is 21.2 Å². The van der Waals surface area contributed by atoms with Crippen LogP contribution in [0.2, 0.25) is 0 Å². The van der Waals surface area contributed by atoms with Gasteiger partial charge in [-0.3, -0.25) is 0 Å². The second kappa shape index (κ2) is 8.23. The zero-order valence-electron chi connectivity index (χ0n) is 16.0. The van der Waals surface area contributed by atoms with E-state index >= 15 is 0 Å². The lowest BCUT2D eigenvalue weighted by Gasteiger charge is -2.30. The topological polar surface area (TPSA) is 50.8 Å². The minimum absolute atomic E-state index is 0.0413. The van der Waals surface area contributed by atoms with Gasteiger partial charge in [0.1, 0.15) is 11.5 Å². The summed E-state index contributed by atoms with van der Waals surface area (Å²) in [6, 6.07) is 13.8. The molecule has 1 aliphatic rings. The van der Waals surface area contributed by atoms with Crippen molar-refractivity contribution in [3.05, 3.63) is 62.8 Å². The molecule has 0 spiro atoms. The number of anilines is 1. The summed E-state index contributed by atoms with van der Waals surface area (Å²) in [6.45, 7) is -2.95. The van der Waals surface area contributed by atoms with Crippen molar-refractivity contribution in [2.45, 2.75) is 12.7 Å². The van der Waals surface area contributed by atoms with E-state index in [9.17, 15) is 13.6 Å². The molecule has 1 atom stereocenters. The van der Waals surface area contributed by atoms with Crippen LogP contribution in [0.5, 0.6) is 11.5 Å². The highest BCUT2D eigenvalue weighted by Gasteiger charge is 2.31. The maximum absolute atomic E-state index is 13.0. The molecule has 2 amide bonds. The Morgan fingerprint density at radius 1 is 1.23 bits per heavy atom. The van der Waals surface area contributed by atoms with Gasteiger partial charge in [-0.25, -0.2) is 4.79 Å². The molecular formula is C21H17BrF2N2O3S. The highest BCUT2D eigenvalue weighted by molar-refractivity contribution is 9.11. The molecule has 9 heteroatoms. The fourth-order valence-corrected chi connectivity index (χ4v) is 4.73. The van der Waals surface area contributed by atoms with Crippen LogP contribution in [0.25, 0.3) is 11.1 Å². The van der Waals surface area contributed by atoms with Crippen molar-refractivity contribution in [2.75, 3.05) is 19.4 Å². The number of hydrogen-bond acceptors (Lipinski definition) is 4. The van der Waals surface area contributed by atoms with E-state index < -0.39 is 12.7 Å². The standard InChI is InChI=1S/C21H17BrF2N2O3S/c1-26(2)21(27)25-11-6-7-12-13(10-11)19(16-8-9-17(22)30-16)28-14-4-3-5-15(18(12)14)29-20(23)24/h3-10,19-20H,1-2H3,(H,25,27). The molecule has 2 aromatic carbocycles. The minimum atomic E-state index is -2.95. The van der Waals surface area contributed by atoms with Gasteiger partial charge in [-0.1, -0.05) is 12.1 Å². The van der Waals surface area contributed by atoms with Gasteiger partial charge in [0.15, 0.2) is 6.10 Å². The third-order valence-electron chi connectivity index (χ3n) is 4.56. The van der Waals surface area contributed by atoms with Crippen LogP contribution >= 0.6 is 27.3 Å². The monoisotopic (exact) mass is 494 g/mol. The van der Waals surface area contributed by atoms with Gasteiger partial charge in [0.05, 0.1) is 14.2 Å². The van der Waals surface area contributed by atoms with Crippen molar-refractivity contribution in [3.8, 4) is 22.6 Å². The normalized spacial score (nSPS) is 14.5. The van der Waals surface area contributed by atoms with Gasteiger partial charge in [0.25, 0.3) is 0 Å². The number of ether oxygens (including phenoxy) is 2. The number of hydrogen-bond donors (Lipinski definition) is 1. The first kappa shape index (κ1) is 20.6. The van der Waals surface area contributed by atoms with Crippen LogP contribution in [0, 0.1) is 0 Å². The van der Waals surface area contributed by atoms with Gasteiger partial charge >= 0.3 is 12.6 Å². The summed E-state index contributed by atoms with van der Waals surface area (Å²) in [5.74, 6) is 0.500. The largest absolute Gasteiger partial charge is 0.479 e. The number of alkyl halides is 2. The Labute approximate surface area is 184 Å². The highest BCUT2D eigenvalue weighted by Crippen LogP contribution is 2.50. The zero-order chi connectivity index (χ0) is 21.4. The van der Waals surface area contributed by atoms with Crippen molar-refractivity contribution >= 4 is 39.0 Å². The first-order chi connectivity index (χ1) is 14.3. The Balaban J connectivity index is 1.85. The fourth-order valence-electron chi connectivity index (χ4n) is 3.26. The second-order valence-corrected chi connectivity index (χ2v) is 9.27. The zero-order valence-corrected chi connectivity index (χ0v) is 18.4. The Bertz CT molecular complexity index is 1100. The third kappa shape index (κ3) is 3.99. The lowest BCUT2D eigenvalue weighted by atomic mass is 9.91. The lowest BCUT2D eigenvalue weighted by Crippen LogP contribution is -2.27. The van der Waals surface area contributed by atoms with Gasteiger partial charge in [0, 0.05) is 25.3 Å². The Morgan fingerprint density at radius 2 is 2.03 bits per heavy atom. The smallest absolute Gasteiger partial charge is 0.387 e. The molecule has 0 aliphatic carbocycles. The van der Waals surface area contributed by atoms with Crippen LogP contribution in [-0.4, -0.2) is 31.6 Å². The van der Waals surface area contributed by atoms with Crippen molar-refractivity contribution in [3.63, 3.8) is 0 Å². The number of carbonyl (C=O) groups is 1. The number of carbonyl (C=O) groups excluding carboxylic acids is 1. The number of halogens is 3.